The molecule has 0 spiro atoms. The number of nitrogens with zero attached hydrogens (tertiary/aromatic N) is 5. The number of halogens is 5. The van der Waals surface area contributed by atoms with Gasteiger partial charge in [-0.25, -0.2) is 4.98 Å². The second kappa shape index (κ2) is 6.15. The third-order valence-corrected chi connectivity index (χ3v) is 3.48. The molecule has 11 heteroatoms. The molecule has 138 valence electrons. The lowest BCUT2D eigenvalue weighted by atomic mass is 10.2. The molecule has 0 amide bonds. The molecule has 1 atom stereocenters. The Hall–Kier alpha value is -2.85. The third kappa shape index (κ3) is 3.55. The van der Waals surface area contributed by atoms with Crippen molar-refractivity contribution < 1.29 is 26.7 Å². The largest absolute Gasteiger partial charge is 0.465 e. The van der Waals surface area contributed by atoms with E-state index in [1.165, 1.54) is 30.7 Å². The van der Waals surface area contributed by atoms with Gasteiger partial charge in [-0.2, -0.15) is 22.0 Å². The van der Waals surface area contributed by atoms with Crippen molar-refractivity contribution >= 4 is 5.65 Å². The maximum Gasteiger partial charge on any atom is 0.425 e. The maximum atomic E-state index is 13.6. The number of ether oxygens (including phenoxy) is 1. The number of pyridine rings is 1. The Kier molecular flexibility index (Phi) is 4.24. The molecule has 0 N–H and O–H groups in total. The second-order valence-corrected chi connectivity index (χ2v) is 5.60. The second-order valence-electron chi connectivity index (χ2n) is 5.60. The van der Waals surface area contributed by atoms with Gasteiger partial charge in [0.1, 0.15) is 0 Å². The molecule has 0 saturated heterocycles. The molecule has 0 aromatic carbocycles. The molecule has 3 aromatic rings. The van der Waals surface area contributed by atoms with Crippen molar-refractivity contribution in [2.75, 3.05) is 0 Å². The van der Waals surface area contributed by atoms with Crippen LogP contribution in [0.2, 0.25) is 0 Å². The Labute approximate surface area is 143 Å². The van der Waals surface area contributed by atoms with E-state index in [1.807, 2.05) is 0 Å². The third-order valence-electron chi connectivity index (χ3n) is 3.48. The summed E-state index contributed by atoms with van der Waals surface area (Å²) in [6.07, 6.45) is -2.73. The van der Waals surface area contributed by atoms with Gasteiger partial charge in [-0.05, 0) is 13.0 Å². The Bertz CT molecular complexity index is 917. The average Bonchev–Trinajstić information content (AvgIpc) is 2.98. The van der Waals surface area contributed by atoms with Crippen LogP contribution in [-0.2, 0) is 5.92 Å². The van der Waals surface area contributed by atoms with Crippen molar-refractivity contribution in [3.8, 4) is 17.1 Å². The molecular weight excluding hydrogens is 361 g/mol. The normalized spacial score (nSPS) is 13.8. The van der Waals surface area contributed by atoms with Gasteiger partial charge in [0.05, 0.1) is 11.9 Å². The van der Waals surface area contributed by atoms with Gasteiger partial charge < -0.3 is 4.74 Å². The van der Waals surface area contributed by atoms with Gasteiger partial charge in [0, 0.05) is 30.9 Å². The average molecular weight is 373 g/mol. The van der Waals surface area contributed by atoms with Crippen LogP contribution < -0.4 is 4.74 Å². The molecule has 0 unspecified atom stereocenters. The topological polar surface area (TPSA) is 65.2 Å². The molecule has 0 radical (unpaired) electrons. The summed E-state index contributed by atoms with van der Waals surface area (Å²) < 4.78 is 70.4. The first kappa shape index (κ1) is 18.0. The van der Waals surface area contributed by atoms with Gasteiger partial charge in [0.2, 0.25) is 11.7 Å². The minimum Gasteiger partial charge on any atom is -0.465 e. The fraction of sp³-hybridized carbons (Fsp3) is 0.333. The molecule has 3 aromatic heterocycles. The van der Waals surface area contributed by atoms with Crippen LogP contribution in [0.4, 0.5) is 22.0 Å². The molecular formula is C15H12F5N5O. The number of fused-ring (bicyclic) bond motifs is 1. The Morgan fingerprint density at radius 2 is 1.77 bits per heavy atom. The van der Waals surface area contributed by atoms with Gasteiger partial charge in [0.25, 0.3) is 0 Å². The highest BCUT2D eigenvalue weighted by Gasteiger charge is 2.38. The number of rotatable bonds is 4. The van der Waals surface area contributed by atoms with Gasteiger partial charge in [-0.3, -0.25) is 9.38 Å². The molecule has 0 saturated carbocycles. The van der Waals surface area contributed by atoms with E-state index in [0.717, 1.165) is 11.3 Å². The Morgan fingerprint density at radius 3 is 2.35 bits per heavy atom. The molecule has 0 fully saturated rings. The fourth-order valence-electron chi connectivity index (χ4n) is 2.10. The highest BCUT2D eigenvalue weighted by atomic mass is 19.4. The van der Waals surface area contributed by atoms with Crippen molar-refractivity contribution in [1.82, 2.24) is 24.6 Å². The fourth-order valence-corrected chi connectivity index (χ4v) is 2.10. The van der Waals surface area contributed by atoms with Crippen LogP contribution in [0.25, 0.3) is 16.9 Å². The van der Waals surface area contributed by atoms with E-state index in [4.69, 9.17) is 4.74 Å². The van der Waals surface area contributed by atoms with Gasteiger partial charge in [-0.15, -0.1) is 10.2 Å². The van der Waals surface area contributed by atoms with E-state index in [1.54, 1.807) is 0 Å². The zero-order valence-electron chi connectivity index (χ0n) is 13.5. The van der Waals surface area contributed by atoms with Crippen molar-refractivity contribution in [3.63, 3.8) is 0 Å². The monoisotopic (exact) mass is 373 g/mol. The lowest BCUT2D eigenvalue weighted by Crippen LogP contribution is -2.31. The first-order valence-corrected chi connectivity index (χ1v) is 7.34. The number of aromatic nitrogens is 5. The van der Waals surface area contributed by atoms with Gasteiger partial charge >= 0.3 is 12.1 Å². The van der Waals surface area contributed by atoms with Crippen LogP contribution >= 0.6 is 0 Å². The Balaban J connectivity index is 1.90. The van der Waals surface area contributed by atoms with E-state index < -0.39 is 24.0 Å². The van der Waals surface area contributed by atoms with E-state index in [-0.39, 0.29) is 17.2 Å². The van der Waals surface area contributed by atoms with Crippen molar-refractivity contribution in [3.05, 3.63) is 36.5 Å². The van der Waals surface area contributed by atoms with Crippen LogP contribution in [0.15, 0.2) is 30.7 Å². The van der Waals surface area contributed by atoms with E-state index >= 15 is 0 Å². The van der Waals surface area contributed by atoms with Crippen LogP contribution in [0, 0.1) is 0 Å². The molecule has 3 heterocycles. The van der Waals surface area contributed by atoms with Crippen LogP contribution in [0.1, 0.15) is 19.7 Å². The highest BCUT2D eigenvalue weighted by molar-refractivity contribution is 5.59. The molecule has 0 aliphatic heterocycles. The lowest BCUT2D eigenvalue weighted by molar-refractivity contribution is -0.189. The summed E-state index contributed by atoms with van der Waals surface area (Å²) in [5, 5.41) is 7.07. The van der Waals surface area contributed by atoms with Gasteiger partial charge in [-0.1, -0.05) is 0 Å². The van der Waals surface area contributed by atoms with Gasteiger partial charge in [0.15, 0.2) is 11.8 Å². The van der Waals surface area contributed by atoms with Crippen LogP contribution in [0.5, 0.6) is 5.88 Å². The zero-order chi connectivity index (χ0) is 19.1. The van der Waals surface area contributed by atoms with E-state index in [0.29, 0.717) is 12.5 Å². The smallest absolute Gasteiger partial charge is 0.425 e. The summed E-state index contributed by atoms with van der Waals surface area (Å²) in [6.45, 7) is 1.56. The molecule has 6 nitrogen and oxygen atoms in total. The standard InChI is InChI=1S/C15H12F5N5O/c1-8(15(18,19)20)26-12-4-3-9(5-22-12)10-7-25-11(6-21-10)23-24-13(25)14(2,16)17/h3-8H,1-2H3/t8-/m1/s1. The van der Waals surface area contributed by atoms with E-state index in [9.17, 15) is 22.0 Å². The maximum absolute atomic E-state index is 13.6. The number of alkyl halides is 5. The predicted octanol–water partition coefficient (Wildman–Crippen LogP) is 3.63. The van der Waals surface area contributed by atoms with E-state index in [2.05, 4.69) is 20.2 Å². The summed E-state index contributed by atoms with van der Waals surface area (Å²) in [7, 11) is 0. The number of hydrogen-bond donors (Lipinski definition) is 0. The lowest BCUT2D eigenvalue weighted by Gasteiger charge is -2.16. The summed E-state index contributed by atoms with van der Waals surface area (Å²) in [5.41, 5.74) is 0.806. The molecule has 3 rings (SSSR count). The molecule has 26 heavy (non-hydrogen) atoms. The summed E-state index contributed by atoms with van der Waals surface area (Å²) in [4.78, 5) is 7.87. The molecule has 0 aliphatic carbocycles. The van der Waals surface area contributed by atoms with Crippen LogP contribution in [-0.4, -0.2) is 36.8 Å². The SMILES string of the molecule is C[C@@H](Oc1ccc(-c2cn3c(C(C)(F)F)nnc3cn2)cn1)C(F)(F)F. The summed E-state index contributed by atoms with van der Waals surface area (Å²) in [6, 6.07) is 2.67. The van der Waals surface area contributed by atoms with Crippen LogP contribution in [0.3, 0.4) is 0 Å². The van der Waals surface area contributed by atoms with Crippen molar-refractivity contribution in [2.45, 2.75) is 32.1 Å². The first-order chi connectivity index (χ1) is 12.1. The summed E-state index contributed by atoms with van der Waals surface area (Å²) >= 11 is 0. The first-order valence-electron chi connectivity index (χ1n) is 7.34. The predicted molar refractivity (Wildman–Crippen MR) is 79.7 cm³/mol. The summed E-state index contributed by atoms with van der Waals surface area (Å²) in [5.74, 6) is -3.98. The minimum atomic E-state index is -4.51. The number of hydrogen-bond acceptors (Lipinski definition) is 5. The Morgan fingerprint density at radius 1 is 1.04 bits per heavy atom. The molecule has 0 bridgehead atoms. The highest BCUT2D eigenvalue weighted by Crippen LogP contribution is 2.28. The van der Waals surface area contributed by atoms with Crippen molar-refractivity contribution in [1.29, 1.82) is 0 Å². The minimum absolute atomic E-state index is 0.136. The van der Waals surface area contributed by atoms with Crippen molar-refractivity contribution in [2.24, 2.45) is 0 Å². The zero-order valence-corrected chi connectivity index (χ0v) is 13.5. The molecule has 0 aliphatic rings. The quantitative estimate of drug-likeness (QED) is 0.654.